The molecule has 0 aliphatic heterocycles. The molecule has 2 aromatic rings. The highest BCUT2D eigenvalue weighted by Crippen LogP contribution is 2.12. The second-order valence-corrected chi connectivity index (χ2v) is 4.90. The third kappa shape index (κ3) is 3.86. The van der Waals surface area contributed by atoms with Gasteiger partial charge in [-0.25, -0.2) is 13.5 Å². The van der Waals surface area contributed by atoms with E-state index in [4.69, 9.17) is 0 Å². The van der Waals surface area contributed by atoms with Gasteiger partial charge >= 0.3 is 0 Å². The Bertz CT molecular complexity index is 529. The lowest BCUT2D eigenvalue weighted by Crippen LogP contribution is -2.19. The molecule has 0 spiro atoms. The average Bonchev–Trinajstić information content (AvgIpc) is 2.76. The number of aromatic nitrogens is 2. The van der Waals surface area contributed by atoms with Crippen molar-refractivity contribution < 1.29 is 8.78 Å². The topological polar surface area (TPSA) is 29.9 Å². The summed E-state index contributed by atoms with van der Waals surface area (Å²) in [5.74, 6) is -0.644. The predicted octanol–water partition coefficient (Wildman–Crippen LogP) is 2.90. The van der Waals surface area contributed by atoms with Gasteiger partial charge in [-0.2, -0.15) is 5.10 Å². The first-order valence-corrected chi connectivity index (χ1v) is 6.26. The zero-order chi connectivity index (χ0) is 13.8. The molecule has 1 N–H and O–H groups in total. The lowest BCUT2D eigenvalue weighted by atomic mass is 10.2. The Kier molecular flexibility index (Phi) is 4.27. The maximum atomic E-state index is 13.1. The van der Waals surface area contributed by atoms with Gasteiger partial charge in [-0.1, -0.05) is 13.8 Å². The van der Waals surface area contributed by atoms with Crippen molar-refractivity contribution in [3.63, 3.8) is 0 Å². The van der Waals surface area contributed by atoms with Crippen LogP contribution in [0, 0.1) is 17.6 Å². The van der Waals surface area contributed by atoms with Crippen LogP contribution in [0.1, 0.15) is 19.5 Å². The maximum Gasteiger partial charge on any atom is 0.128 e. The minimum absolute atomic E-state index is 0.382. The summed E-state index contributed by atoms with van der Waals surface area (Å²) in [5, 5.41) is 7.55. The van der Waals surface area contributed by atoms with Crippen molar-refractivity contribution in [3.05, 3.63) is 47.8 Å². The van der Waals surface area contributed by atoms with E-state index in [-0.39, 0.29) is 0 Å². The molecule has 3 nitrogen and oxygen atoms in total. The predicted molar refractivity (Wildman–Crippen MR) is 70.0 cm³/mol. The fraction of sp³-hybridized carbons (Fsp3) is 0.357. The van der Waals surface area contributed by atoms with Crippen molar-refractivity contribution in [2.75, 3.05) is 6.54 Å². The van der Waals surface area contributed by atoms with Crippen LogP contribution >= 0.6 is 0 Å². The van der Waals surface area contributed by atoms with E-state index in [1.54, 1.807) is 6.20 Å². The molecule has 102 valence electrons. The Morgan fingerprint density at radius 3 is 2.53 bits per heavy atom. The second kappa shape index (κ2) is 5.93. The van der Waals surface area contributed by atoms with E-state index in [0.29, 0.717) is 18.2 Å². The van der Waals surface area contributed by atoms with Crippen molar-refractivity contribution in [1.82, 2.24) is 15.1 Å². The van der Waals surface area contributed by atoms with E-state index in [9.17, 15) is 8.78 Å². The number of hydrogen-bond donors (Lipinski definition) is 1. The second-order valence-electron chi connectivity index (χ2n) is 4.90. The van der Waals surface area contributed by atoms with Crippen LogP contribution < -0.4 is 5.32 Å². The molecule has 2 rings (SSSR count). The summed E-state index contributed by atoms with van der Waals surface area (Å²) in [7, 11) is 0. The molecule has 5 heteroatoms. The molecule has 0 unspecified atom stereocenters. The van der Waals surface area contributed by atoms with Gasteiger partial charge in [0.25, 0.3) is 0 Å². The first kappa shape index (κ1) is 13.7. The lowest BCUT2D eigenvalue weighted by Gasteiger charge is -2.05. The highest BCUT2D eigenvalue weighted by atomic mass is 19.1. The number of nitrogens with one attached hydrogen (secondary N) is 1. The SMILES string of the molecule is CC(C)CNCc1ccn(-c2cc(F)cc(F)c2)n1. The average molecular weight is 265 g/mol. The first-order valence-electron chi connectivity index (χ1n) is 6.26. The Morgan fingerprint density at radius 2 is 1.89 bits per heavy atom. The number of hydrogen-bond acceptors (Lipinski definition) is 2. The Hall–Kier alpha value is -1.75. The molecule has 0 fully saturated rings. The summed E-state index contributed by atoms with van der Waals surface area (Å²) in [6, 6.07) is 5.18. The van der Waals surface area contributed by atoms with Crippen LogP contribution in [0.4, 0.5) is 8.78 Å². The molecule has 0 saturated heterocycles. The van der Waals surface area contributed by atoms with Gasteiger partial charge < -0.3 is 5.32 Å². The van der Waals surface area contributed by atoms with Crippen LogP contribution in [0.25, 0.3) is 5.69 Å². The third-order valence-corrected chi connectivity index (χ3v) is 2.61. The normalized spacial score (nSPS) is 11.2. The molecule has 1 aromatic carbocycles. The van der Waals surface area contributed by atoms with Crippen LogP contribution in [-0.2, 0) is 6.54 Å². The van der Waals surface area contributed by atoms with Gasteiger partial charge in [0, 0.05) is 18.8 Å². The van der Waals surface area contributed by atoms with Crippen LogP contribution in [-0.4, -0.2) is 16.3 Å². The van der Waals surface area contributed by atoms with E-state index >= 15 is 0 Å². The minimum atomic E-state index is -0.606. The molecule has 0 bridgehead atoms. The lowest BCUT2D eigenvalue weighted by molar-refractivity contribution is 0.546. The summed E-state index contributed by atoms with van der Waals surface area (Å²) >= 11 is 0. The van der Waals surface area contributed by atoms with Gasteiger partial charge in [0.15, 0.2) is 0 Å². The van der Waals surface area contributed by atoms with Crippen molar-refractivity contribution in [1.29, 1.82) is 0 Å². The molecule has 0 aliphatic rings. The minimum Gasteiger partial charge on any atom is -0.311 e. The smallest absolute Gasteiger partial charge is 0.128 e. The van der Waals surface area contributed by atoms with Gasteiger partial charge in [-0.05, 0) is 30.7 Å². The molecule has 0 amide bonds. The maximum absolute atomic E-state index is 13.1. The van der Waals surface area contributed by atoms with Crippen LogP contribution in [0.5, 0.6) is 0 Å². The van der Waals surface area contributed by atoms with Crippen molar-refractivity contribution in [2.45, 2.75) is 20.4 Å². The molecule has 0 atom stereocenters. The van der Waals surface area contributed by atoms with Crippen molar-refractivity contribution in [2.24, 2.45) is 5.92 Å². The Labute approximate surface area is 111 Å². The van der Waals surface area contributed by atoms with Gasteiger partial charge in [0.1, 0.15) is 11.6 Å². The van der Waals surface area contributed by atoms with Gasteiger partial charge in [0.05, 0.1) is 11.4 Å². The van der Waals surface area contributed by atoms with Crippen LogP contribution in [0.3, 0.4) is 0 Å². The first-order chi connectivity index (χ1) is 9.04. The highest BCUT2D eigenvalue weighted by Gasteiger charge is 2.05. The molecule has 1 aromatic heterocycles. The highest BCUT2D eigenvalue weighted by molar-refractivity contribution is 5.32. The molecule has 0 saturated carbocycles. The monoisotopic (exact) mass is 265 g/mol. The largest absolute Gasteiger partial charge is 0.311 e. The van der Waals surface area contributed by atoms with E-state index < -0.39 is 11.6 Å². The zero-order valence-electron chi connectivity index (χ0n) is 11.0. The quantitative estimate of drug-likeness (QED) is 0.901. The summed E-state index contributed by atoms with van der Waals surface area (Å²) in [4.78, 5) is 0. The molecule has 0 radical (unpaired) electrons. The number of benzene rings is 1. The van der Waals surface area contributed by atoms with Gasteiger partial charge in [0.2, 0.25) is 0 Å². The third-order valence-electron chi connectivity index (χ3n) is 2.61. The van der Waals surface area contributed by atoms with Crippen LogP contribution in [0.2, 0.25) is 0 Å². The Balaban J connectivity index is 2.07. The summed E-state index contributed by atoms with van der Waals surface area (Å²) in [6.45, 7) is 5.80. The number of nitrogens with zero attached hydrogens (tertiary/aromatic N) is 2. The van der Waals surface area contributed by atoms with E-state index in [2.05, 4.69) is 24.3 Å². The van der Waals surface area contributed by atoms with E-state index in [0.717, 1.165) is 18.3 Å². The van der Waals surface area contributed by atoms with Gasteiger partial charge in [-0.3, -0.25) is 0 Å². The fourth-order valence-corrected chi connectivity index (χ4v) is 1.76. The molecular formula is C14H17F2N3. The number of halogens is 2. The van der Waals surface area contributed by atoms with Crippen molar-refractivity contribution in [3.8, 4) is 5.69 Å². The standard InChI is InChI=1S/C14H17F2N3/c1-10(2)8-17-9-13-3-4-19(18-13)14-6-11(15)5-12(16)7-14/h3-7,10,17H,8-9H2,1-2H3. The van der Waals surface area contributed by atoms with Crippen molar-refractivity contribution >= 4 is 0 Å². The summed E-state index contributed by atoms with van der Waals surface area (Å²) in [6.07, 6.45) is 1.70. The van der Waals surface area contributed by atoms with E-state index in [1.165, 1.54) is 16.8 Å². The molecule has 0 aliphatic carbocycles. The van der Waals surface area contributed by atoms with E-state index in [1.807, 2.05) is 6.07 Å². The molecular weight excluding hydrogens is 248 g/mol. The van der Waals surface area contributed by atoms with Crippen LogP contribution in [0.15, 0.2) is 30.5 Å². The fourth-order valence-electron chi connectivity index (χ4n) is 1.76. The summed E-state index contributed by atoms with van der Waals surface area (Å²) < 4.78 is 27.7. The number of rotatable bonds is 5. The zero-order valence-corrected chi connectivity index (χ0v) is 11.0. The Morgan fingerprint density at radius 1 is 1.21 bits per heavy atom. The summed E-state index contributed by atoms with van der Waals surface area (Å²) in [5.41, 5.74) is 1.22. The molecule has 19 heavy (non-hydrogen) atoms. The van der Waals surface area contributed by atoms with Gasteiger partial charge in [-0.15, -0.1) is 0 Å². The molecule has 1 heterocycles.